The highest BCUT2D eigenvalue weighted by atomic mass is 16.2. The van der Waals surface area contributed by atoms with Gasteiger partial charge in [-0.25, -0.2) is 9.67 Å². The molecule has 0 aliphatic carbocycles. The zero-order valence-electron chi connectivity index (χ0n) is 8.14. The van der Waals surface area contributed by atoms with E-state index in [1.807, 2.05) is 6.92 Å². The molecule has 2 heterocycles. The van der Waals surface area contributed by atoms with Crippen LogP contribution in [0.1, 0.15) is 5.56 Å². The summed E-state index contributed by atoms with van der Waals surface area (Å²) < 4.78 is 1.45. The molecule has 0 spiro atoms. The predicted octanol–water partition coefficient (Wildman–Crippen LogP) is -0.0517. The van der Waals surface area contributed by atoms with Crippen molar-refractivity contribution in [3.63, 3.8) is 0 Å². The third-order valence-corrected chi connectivity index (χ3v) is 1.87. The fourth-order valence-corrected chi connectivity index (χ4v) is 1.11. The van der Waals surface area contributed by atoms with Gasteiger partial charge in [-0.1, -0.05) is 0 Å². The van der Waals surface area contributed by atoms with E-state index in [9.17, 15) is 4.79 Å². The van der Waals surface area contributed by atoms with Crippen molar-refractivity contribution >= 4 is 11.7 Å². The van der Waals surface area contributed by atoms with Gasteiger partial charge in [0.05, 0.1) is 6.20 Å². The summed E-state index contributed by atoms with van der Waals surface area (Å²) in [5, 5.41) is 13.0. The van der Waals surface area contributed by atoms with Crippen molar-refractivity contribution in [1.29, 1.82) is 0 Å². The second kappa shape index (κ2) is 3.91. The van der Waals surface area contributed by atoms with E-state index < -0.39 is 0 Å². The minimum atomic E-state index is -0.173. The summed E-state index contributed by atoms with van der Waals surface area (Å²) in [5.41, 5.74) is 0.891. The monoisotopic (exact) mass is 206 g/mol. The minimum absolute atomic E-state index is 0.137. The normalized spacial score (nSPS) is 10.2. The predicted molar refractivity (Wildman–Crippen MR) is 52.0 cm³/mol. The van der Waals surface area contributed by atoms with E-state index >= 15 is 0 Å². The van der Waals surface area contributed by atoms with E-state index in [-0.39, 0.29) is 12.5 Å². The Balaban J connectivity index is 1.96. The second-order valence-electron chi connectivity index (χ2n) is 3.07. The number of amides is 1. The van der Waals surface area contributed by atoms with Crippen LogP contribution in [-0.2, 0) is 11.3 Å². The van der Waals surface area contributed by atoms with Gasteiger partial charge in [-0.2, -0.15) is 10.2 Å². The number of hydrogen-bond acceptors (Lipinski definition) is 4. The van der Waals surface area contributed by atoms with Crippen molar-refractivity contribution in [2.45, 2.75) is 13.5 Å². The molecule has 0 fully saturated rings. The number of carbonyl (C=O) groups excluding carboxylic acids is 1. The topological polar surface area (TPSA) is 88.5 Å². The van der Waals surface area contributed by atoms with Crippen LogP contribution in [0, 0.1) is 6.92 Å². The molecule has 7 heteroatoms. The Bertz CT molecular complexity index is 445. The summed E-state index contributed by atoms with van der Waals surface area (Å²) in [4.78, 5) is 15.2. The Morgan fingerprint density at radius 2 is 2.53 bits per heavy atom. The minimum Gasteiger partial charge on any atom is -0.309 e. The molecule has 7 nitrogen and oxygen atoms in total. The van der Waals surface area contributed by atoms with Crippen molar-refractivity contribution in [1.82, 2.24) is 25.0 Å². The van der Waals surface area contributed by atoms with Gasteiger partial charge in [-0.05, 0) is 6.92 Å². The average molecular weight is 206 g/mol. The Kier molecular flexibility index (Phi) is 2.44. The van der Waals surface area contributed by atoms with Crippen LogP contribution in [0.25, 0.3) is 0 Å². The number of aromatic nitrogens is 5. The molecule has 0 aromatic carbocycles. The van der Waals surface area contributed by atoms with Gasteiger partial charge in [0.15, 0.2) is 0 Å². The lowest BCUT2D eigenvalue weighted by Crippen LogP contribution is -2.19. The molecule has 1 amide bonds. The molecule has 0 aliphatic heterocycles. The van der Waals surface area contributed by atoms with Crippen LogP contribution in [0.4, 0.5) is 5.82 Å². The van der Waals surface area contributed by atoms with Gasteiger partial charge < -0.3 is 5.32 Å². The van der Waals surface area contributed by atoms with Gasteiger partial charge >= 0.3 is 0 Å². The number of H-pyrrole nitrogens is 1. The quantitative estimate of drug-likeness (QED) is 0.736. The summed E-state index contributed by atoms with van der Waals surface area (Å²) >= 11 is 0. The Morgan fingerprint density at radius 3 is 3.13 bits per heavy atom. The largest absolute Gasteiger partial charge is 0.309 e. The van der Waals surface area contributed by atoms with Gasteiger partial charge in [0.2, 0.25) is 5.91 Å². The van der Waals surface area contributed by atoms with Gasteiger partial charge in [0.25, 0.3) is 0 Å². The summed E-state index contributed by atoms with van der Waals surface area (Å²) in [7, 11) is 0. The molecule has 78 valence electrons. The molecule has 0 unspecified atom stereocenters. The number of hydrogen-bond donors (Lipinski definition) is 2. The molecule has 0 saturated heterocycles. The van der Waals surface area contributed by atoms with E-state index in [4.69, 9.17) is 0 Å². The molecule has 0 aliphatic rings. The van der Waals surface area contributed by atoms with Crippen molar-refractivity contribution in [2.24, 2.45) is 0 Å². The number of nitrogens with one attached hydrogen (secondary N) is 2. The number of carbonyl (C=O) groups is 1. The fourth-order valence-electron chi connectivity index (χ4n) is 1.11. The molecule has 2 aromatic rings. The first kappa shape index (κ1) is 9.38. The van der Waals surface area contributed by atoms with E-state index in [0.717, 1.165) is 5.56 Å². The maximum absolute atomic E-state index is 11.5. The highest BCUT2D eigenvalue weighted by molar-refractivity contribution is 5.90. The summed E-state index contributed by atoms with van der Waals surface area (Å²) in [5.74, 6) is 0.438. The van der Waals surface area contributed by atoms with Gasteiger partial charge in [0, 0.05) is 5.56 Å². The van der Waals surface area contributed by atoms with Crippen LogP contribution < -0.4 is 5.32 Å². The van der Waals surface area contributed by atoms with Gasteiger partial charge in [0.1, 0.15) is 25.0 Å². The van der Waals surface area contributed by atoms with E-state index in [1.165, 1.54) is 17.3 Å². The molecule has 0 bridgehead atoms. The molecule has 2 aromatic heterocycles. The highest BCUT2D eigenvalue weighted by Crippen LogP contribution is 2.07. The lowest BCUT2D eigenvalue weighted by molar-refractivity contribution is -0.116. The summed E-state index contributed by atoms with van der Waals surface area (Å²) in [6.45, 7) is 1.99. The molecule has 0 atom stereocenters. The highest BCUT2D eigenvalue weighted by Gasteiger charge is 2.06. The van der Waals surface area contributed by atoms with Crippen LogP contribution in [0.2, 0.25) is 0 Å². The SMILES string of the molecule is Cc1cn[nH]c1NC(=O)Cn1cncn1. The van der Waals surface area contributed by atoms with Crippen LogP contribution in [0.15, 0.2) is 18.9 Å². The molecular weight excluding hydrogens is 196 g/mol. The molecular formula is C8H10N6O. The molecule has 2 N–H and O–H groups in total. The van der Waals surface area contributed by atoms with E-state index in [2.05, 4.69) is 25.6 Å². The van der Waals surface area contributed by atoms with Crippen LogP contribution in [0.3, 0.4) is 0 Å². The average Bonchev–Trinajstić information content (AvgIpc) is 2.79. The van der Waals surface area contributed by atoms with E-state index in [1.54, 1.807) is 6.20 Å². The Labute approximate surface area is 85.5 Å². The lowest BCUT2D eigenvalue weighted by Gasteiger charge is -2.02. The van der Waals surface area contributed by atoms with Crippen LogP contribution in [0.5, 0.6) is 0 Å². The van der Waals surface area contributed by atoms with Gasteiger partial charge in [-0.15, -0.1) is 0 Å². The third-order valence-electron chi connectivity index (χ3n) is 1.87. The smallest absolute Gasteiger partial charge is 0.247 e. The van der Waals surface area contributed by atoms with Gasteiger partial charge in [-0.3, -0.25) is 9.89 Å². The molecule has 0 radical (unpaired) electrons. The standard InChI is InChI=1S/C8H10N6O/c1-6-2-10-13-8(6)12-7(15)3-14-5-9-4-11-14/h2,4-5H,3H2,1H3,(H2,10,12,13,15). The van der Waals surface area contributed by atoms with Crippen molar-refractivity contribution in [3.05, 3.63) is 24.4 Å². The number of rotatable bonds is 3. The maximum Gasteiger partial charge on any atom is 0.247 e. The molecule has 15 heavy (non-hydrogen) atoms. The second-order valence-corrected chi connectivity index (χ2v) is 3.07. The number of nitrogens with zero attached hydrogens (tertiary/aromatic N) is 4. The van der Waals surface area contributed by atoms with E-state index in [0.29, 0.717) is 5.82 Å². The summed E-state index contributed by atoms with van der Waals surface area (Å²) in [6.07, 6.45) is 4.51. The third kappa shape index (κ3) is 2.19. The first-order valence-corrected chi connectivity index (χ1v) is 4.38. The van der Waals surface area contributed by atoms with Crippen molar-refractivity contribution in [2.75, 3.05) is 5.32 Å². The number of aryl methyl sites for hydroxylation is 1. The molecule has 2 rings (SSSR count). The first-order chi connectivity index (χ1) is 7.25. The zero-order chi connectivity index (χ0) is 10.7. The number of aromatic amines is 1. The first-order valence-electron chi connectivity index (χ1n) is 4.38. The Morgan fingerprint density at radius 1 is 1.67 bits per heavy atom. The van der Waals surface area contributed by atoms with Crippen molar-refractivity contribution in [3.8, 4) is 0 Å². The van der Waals surface area contributed by atoms with Crippen LogP contribution in [-0.4, -0.2) is 30.9 Å². The van der Waals surface area contributed by atoms with Crippen molar-refractivity contribution < 1.29 is 4.79 Å². The lowest BCUT2D eigenvalue weighted by atomic mass is 10.4. The fraction of sp³-hybridized carbons (Fsp3) is 0.250. The number of anilines is 1. The zero-order valence-corrected chi connectivity index (χ0v) is 8.14. The Hall–Kier alpha value is -2.18. The molecule has 0 saturated carbocycles. The van der Waals surface area contributed by atoms with Crippen LogP contribution >= 0.6 is 0 Å². The summed E-state index contributed by atoms with van der Waals surface area (Å²) in [6, 6.07) is 0. The maximum atomic E-state index is 11.5.